The van der Waals surface area contributed by atoms with Gasteiger partial charge < -0.3 is 10.5 Å². The van der Waals surface area contributed by atoms with Gasteiger partial charge in [0, 0.05) is 6.04 Å². The summed E-state index contributed by atoms with van der Waals surface area (Å²) in [5, 5.41) is 4.16. The number of ether oxygens (including phenoxy) is 1. The van der Waals surface area contributed by atoms with Gasteiger partial charge in [-0.25, -0.2) is 0 Å². The Bertz CT molecular complexity index is 439. The van der Waals surface area contributed by atoms with E-state index in [1.54, 1.807) is 18.4 Å². The fourth-order valence-electron chi connectivity index (χ4n) is 1.66. The largest absolute Gasteiger partial charge is 0.497 e. The fraction of sp³-hybridized carbons (Fsp3) is 0.231. The molecule has 0 radical (unpaired) electrons. The Morgan fingerprint density at radius 3 is 2.94 bits per heavy atom. The molecule has 2 N–H and O–H groups in total. The molecule has 1 unspecified atom stereocenters. The van der Waals surface area contributed by atoms with Gasteiger partial charge in [0.05, 0.1) is 7.11 Å². The molecular formula is C13H15NOS. The van der Waals surface area contributed by atoms with Gasteiger partial charge in [0.2, 0.25) is 0 Å². The van der Waals surface area contributed by atoms with E-state index in [0.29, 0.717) is 0 Å². The van der Waals surface area contributed by atoms with E-state index in [9.17, 15) is 0 Å². The zero-order valence-electron chi connectivity index (χ0n) is 9.22. The molecule has 0 aliphatic carbocycles. The van der Waals surface area contributed by atoms with Crippen molar-refractivity contribution in [1.29, 1.82) is 0 Å². The van der Waals surface area contributed by atoms with Crippen LogP contribution in [0.25, 0.3) is 0 Å². The van der Waals surface area contributed by atoms with Crippen molar-refractivity contribution in [2.45, 2.75) is 12.5 Å². The van der Waals surface area contributed by atoms with Crippen LogP contribution in [-0.2, 0) is 6.42 Å². The maximum Gasteiger partial charge on any atom is 0.119 e. The topological polar surface area (TPSA) is 35.2 Å². The third kappa shape index (κ3) is 2.62. The molecule has 1 heterocycles. The van der Waals surface area contributed by atoms with Crippen molar-refractivity contribution in [1.82, 2.24) is 0 Å². The molecular weight excluding hydrogens is 218 g/mol. The monoisotopic (exact) mass is 233 g/mol. The highest BCUT2D eigenvalue weighted by atomic mass is 32.1. The maximum absolute atomic E-state index is 6.13. The third-order valence-electron chi connectivity index (χ3n) is 2.56. The smallest absolute Gasteiger partial charge is 0.119 e. The lowest BCUT2D eigenvalue weighted by Gasteiger charge is -2.10. The summed E-state index contributed by atoms with van der Waals surface area (Å²) >= 11 is 1.68. The van der Waals surface area contributed by atoms with E-state index in [2.05, 4.69) is 22.9 Å². The van der Waals surface area contributed by atoms with Crippen molar-refractivity contribution in [3.8, 4) is 5.75 Å². The molecule has 0 spiro atoms. The predicted octanol–water partition coefficient (Wildman–Crippen LogP) is 3.00. The number of nitrogens with two attached hydrogens (primary N) is 1. The van der Waals surface area contributed by atoms with Gasteiger partial charge >= 0.3 is 0 Å². The highest BCUT2D eigenvalue weighted by Gasteiger charge is 2.07. The highest BCUT2D eigenvalue weighted by molar-refractivity contribution is 7.07. The molecule has 0 saturated heterocycles. The molecule has 2 nitrogen and oxygen atoms in total. The number of benzene rings is 1. The Morgan fingerprint density at radius 2 is 2.25 bits per heavy atom. The van der Waals surface area contributed by atoms with Gasteiger partial charge in [-0.15, -0.1) is 0 Å². The molecule has 84 valence electrons. The molecule has 0 aliphatic rings. The van der Waals surface area contributed by atoms with E-state index in [0.717, 1.165) is 12.2 Å². The van der Waals surface area contributed by atoms with Gasteiger partial charge in [0.15, 0.2) is 0 Å². The van der Waals surface area contributed by atoms with Crippen LogP contribution in [0.4, 0.5) is 0 Å². The summed E-state index contributed by atoms with van der Waals surface area (Å²) in [5.74, 6) is 0.884. The molecule has 0 saturated carbocycles. The van der Waals surface area contributed by atoms with Gasteiger partial charge in [0.25, 0.3) is 0 Å². The third-order valence-corrected chi connectivity index (χ3v) is 3.26. The van der Waals surface area contributed by atoms with Crippen LogP contribution in [-0.4, -0.2) is 7.11 Å². The lowest BCUT2D eigenvalue weighted by Crippen LogP contribution is -2.12. The van der Waals surface area contributed by atoms with Crippen molar-refractivity contribution in [3.05, 3.63) is 52.2 Å². The normalized spacial score (nSPS) is 12.4. The van der Waals surface area contributed by atoms with Crippen molar-refractivity contribution in [3.63, 3.8) is 0 Å². The Kier molecular flexibility index (Phi) is 3.59. The lowest BCUT2D eigenvalue weighted by atomic mass is 10.0. The van der Waals surface area contributed by atoms with Crippen LogP contribution in [0.2, 0.25) is 0 Å². The van der Waals surface area contributed by atoms with Crippen molar-refractivity contribution < 1.29 is 4.74 Å². The lowest BCUT2D eigenvalue weighted by molar-refractivity contribution is 0.414. The van der Waals surface area contributed by atoms with Crippen LogP contribution in [0.15, 0.2) is 41.1 Å². The zero-order chi connectivity index (χ0) is 11.4. The first-order valence-corrected chi connectivity index (χ1v) is 6.14. The second-order valence-electron chi connectivity index (χ2n) is 3.72. The van der Waals surface area contributed by atoms with E-state index in [1.807, 2.05) is 18.2 Å². The van der Waals surface area contributed by atoms with Gasteiger partial charge in [-0.3, -0.25) is 0 Å². The molecule has 2 rings (SSSR count). The van der Waals surface area contributed by atoms with Crippen molar-refractivity contribution >= 4 is 11.3 Å². The van der Waals surface area contributed by atoms with Crippen LogP contribution in [0.3, 0.4) is 0 Å². The number of methoxy groups -OCH3 is 1. The van der Waals surface area contributed by atoms with Crippen LogP contribution < -0.4 is 10.5 Å². The molecule has 0 aliphatic heterocycles. The average Bonchev–Trinajstić information content (AvgIpc) is 2.83. The molecule has 1 aromatic carbocycles. The quantitative estimate of drug-likeness (QED) is 0.881. The second-order valence-corrected chi connectivity index (χ2v) is 4.50. The molecule has 0 fully saturated rings. The minimum Gasteiger partial charge on any atom is -0.497 e. The Balaban J connectivity index is 2.08. The Labute approximate surface area is 99.7 Å². The summed E-state index contributed by atoms with van der Waals surface area (Å²) in [6, 6.07) is 10.2. The fourth-order valence-corrected chi connectivity index (χ4v) is 2.38. The van der Waals surface area contributed by atoms with Crippen LogP contribution in [0, 0.1) is 0 Å². The summed E-state index contributed by atoms with van der Waals surface area (Å²) in [4.78, 5) is 0. The first kappa shape index (κ1) is 11.2. The SMILES string of the molecule is COc1cccc(CC(N)c2ccsc2)c1. The first-order valence-electron chi connectivity index (χ1n) is 5.20. The van der Waals surface area contributed by atoms with Gasteiger partial charge in [0.1, 0.15) is 5.75 Å². The van der Waals surface area contributed by atoms with E-state index in [-0.39, 0.29) is 6.04 Å². The highest BCUT2D eigenvalue weighted by Crippen LogP contribution is 2.20. The van der Waals surface area contributed by atoms with Crippen LogP contribution >= 0.6 is 11.3 Å². The summed E-state index contributed by atoms with van der Waals surface area (Å²) in [5.41, 5.74) is 8.54. The predicted molar refractivity (Wildman–Crippen MR) is 67.9 cm³/mol. The molecule has 2 aromatic rings. The Morgan fingerprint density at radius 1 is 1.38 bits per heavy atom. The van der Waals surface area contributed by atoms with Gasteiger partial charge in [-0.2, -0.15) is 11.3 Å². The minimum atomic E-state index is 0.0679. The zero-order valence-corrected chi connectivity index (χ0v) is 10.0. The number of thiophene rings is 1. The van der Waals surface area contributed by atoms with Crippen LogP contribution in [0.1, 0.15) is 17.2 Å². The number of hydrogen-bond acceptors (Lipinski definition) is 3. The molecule has 16 heavy (non-hydrogen) atoms. The van der Waals surface area contributed by atoms with E-state index >= 15 is 0 Å². The molecule has 1 atom stereocenters. The standard InChI is InChI=1S/C13H15NOS/c1-15-12-4-2-3-10(7-12)8-13(14)11-5-6-16-9-11/h2-7,9,13H,8,14H2,1H3. The summed E-state index contributed by atoms with van der Waals surface area (Å²) in [6.45, 7) is 0. The van der Waals surface area contributed by atoms with Crippen LogP contribution in [0.5, 0.6) is 5.75 Å². The van der Waals surface area contributed by atoms with E-state index in [1.165, 1.54) is 11.1 Å². The minimum absolute atomic E-state index is 0.0679. The van der Waals surface area contributed by atoms with E-state index in [4.69, 9.17) is 10.5 Å². The number of rotatable bonds is 4. The second kappa shape index (κ2) is 5.14. The van der Waals surface area contributed by atoms with Gasteiger partial charge in [-0.05, 0) is 46.5 Å². The average molecular weight is 233 g/mol. The van der Waals surface area contributed by atoms with Crippen molar-refractivity contribution in [2.75, 3.05) is 7.11 Å². The Hall–Kier alpha value is -1.32. The molecule has 0 amide bonds. The molecule has 1 aromatic heterocycles. The summed E-state index contributed by atoms with van der Waals surface area (Å²) in [6.07, 6.45) is 0.841. The van der Waals surface area contributed by atoms with Gasteiger partial charge in [-0.1, -0.05) is 12.1 Å². The van der Waals surface area contributed by atoms with E-state index < -0.39 is 0 Å². The first-order chi connectivity index (χ1) is 7.79. The maximum atomic E-state index is 6.13. The number of hydrogen-bond donors (Lipinski definition) is 1. The summed E-state index contributed by atoms with van der Waals surface area (Å²) < 4.78 is 5.19. The molecule has 3 heteroatoms. The van der Waals surface area contributed by atoms with Crippen molar-refractivity contribution in [2.24, 2.45) is 5.73 Å². The molecule has 0 bridgehead atoms. The summed E-state index contributed by atoms with van der Waals surface area (Å²) in [7, 11) is 1.68.